The molecule has 1 aromatic rings. The number of hydrogen-bond donors (Lipinski definition) is 0. The zero-order valence-electron chi connectivity index (χ0n) is 9.42. The van der Waals surface area contributed by atoms with Gasteiger partial charge in [-0.05, 0) is 19.1 Å². The number of hydrogen-bond acceptors (Lipinski definition) is 1. The van der Waals surface area contributed by atoms with Crippen molar-refractivity contribution in [2.75, 3.05) is 0 Å². The van der Waals surface area contributed by atoms with E-state index in [-0.39, 0.29) is 0 Å². The van der Waals surface area contributed by atoms with Crippen LogP contribution in [0.1, 0.15) is 42.9 Å². The van der Waals surface area contributed by atoms with Crippen LogP contribution in [0.15, 0.2) is 12.1 Å². The van der Waals surface area contributed by atoms with Crippen LogP contribution in [-0.4, -0.2) is 0 Å². The zero-order valence-corrected chi connectivity index (χ0v) is 10.2. The van der Waals surface area contributed by atoms with Crippen LogP contribution in [0.2, 0.25) is 0 Å². The highest BCUT2D eigenvalue weighted by Crippen LogP contribution is 2.29. The molecule has 0 saturated carbocycles. The van der Waals surface area contributed by atoms with E-state index < -0.39 is 0 Å². The second-order valence-corrected chi connectivity index (χ2v) is 5.02. The van der Waals surface area contributed by atoms with Crippen LogP contribution in [0.3, 0.4) is 0 Å². The van der Waals surface area contributed by atoms with Crippen LogP contribution in [0.5, 0.6) is 0 Å². The molecule has 0 aliphatic heterocycles. The Hall–Kier alpha value is -0.740. The molecule has 0 amide bonds. The highest BCUT2D eigenvalue weighted by atomic mass is 32.1. The van der Waals surface area contributed by atoms with Gasteiger partial charge in [-0.3, -0.25) is 0 Å². The van der Waals surface area contributed by atoms with Crippen LogP contribution in [0.25, 0.3) is 0 Å². The van der Waals surface area contributed by atoms with E-state index in [1.165, 1.54) is 9.75 Å². The summed E-state index contributed by atoms with van der Waals surface area (Å²) in [5.41, 5.74) is 0. The predicted molar refractivity (Wildman–Crippen MR) is 64.7 cm³/mol. The molecule has 0 N–H and O–H groups in total. The van der Waals surface area contributed by atoms with Gasteiger partial charge >= 0.3 is 0 Å². The average molecular weight is 206 g/mol. The Bertz CT molecular complexity index is 338. The molecule has 1 rings (SSSR count). The largest absolute Gasteiger partial charge is 0.145 e. The van der Waals surface area contributed by atoms with Crippen LogP contribution < -0.4 is 0 Å². The van der Waals surface area contributed by atoms with Crippen molar-refractivity contribution < 1.29 is 0 Å². The van der Waals surface area contributed by atoms with Crippen LogP contribution in [-0.2, 0) is 0 Å². The molecule has 1 aromatic heterocycles. The van der Waals surface area contributed by atoms with E-state index >= 15 is 0 Å². The summed E-state index contributed by atoms with van der Waals surface area (Å²) in [6.45, 7) is 8.73. The van der Waals surface area contributed by atoms with E-state index in [9.17, 15) is 0 Å². The van der Waals surface area contributed by atoms with Crippen molar-refractivity contribution in [2.24, 2.45) is 5.92 Å². The molecule has 0 radical (unpaired) electrons. The van der Waals surface area contributed by atoms with Gasteiger partial charge in [0.05, 0.1) is 0 Å². The molecule has 0 aliphatic carbocycles. The SMILES string of the molecule is CCC#CC(C)C(C)c1ccc(C)s1. The number of thiophene rings is 1. The van der Waals surface area contributed by atoms with Crippen LogP contribution in [0, 0.1) is 24.7 Å². The Labute approximate surface area is 91.4 Å². The predicted octanol–water partition coefficient (Wildman–Crippen LogP) is 4.21. The van der Waals surface area contributed by atoms with Gasteiger partial charge in [0, 0.05) is 28.0 Å². The third-order valence-corrected chi connectivity index (χ3v) is 3.67. The molecule has 2 atom stereocenters. The Balaban J connectivity index is 2.69. The van der Waals surface area contributed by atoms with Crippen molar-refractivity contribution in [1.29, 1.82) is 0 Å². The maximum Gasteiger partial charge on any atom is 0.0248 e. The maximum atomic E-state index is 3.30. The fourth-order valence-corrected chi connectivity index (χ4v) is 2.37. The molecule has 14 heavy (non-hydrogen) atoms. The summed E-state index contributed by atoms with van der Waals surface area (Å²) in [4.78, 5) is 2.85. The van der Waals surface area contributed by atoms with Crippen molar-refractivity contribution in [3.05, 3.63) is 21.9 Å². The first-order chi connectivity index (χ1) is 6.65. The van der Waals surface area contributed by atoms with Gasteiger partial charge in [-0.25, -0.2) is 0 Å². The smallest absolute Gasteiger partial charge is 0.0248 e. The van der Waals surface area contributed by atoms with E-state index in [4.69, 9.17) is 0 Å². The lowest BCUT2D eigenvalue weighted by molar-refractivity contribution is 0.619. The summed E-state index contributed by atoms with van der Waals surface area (Å²) in [7, 11) is 0. The lowest BCUT2D eigenvalue weighted by Gasteiger charge is -2.12. The minimum Gasteiger partial charge on any atom is -0.145 e. The lowest BCUT2D eigenvalue weighted by atomic mass is 9.95. The van der Waals surface area contributed by atoms with E-state index in [1.807, 2.05) is 11.3 Å². The van der Waals surface area contributed by atoms with Gasteiger partial charge in [0.15, 0.2) is 0 Å². The first kappa shape index (κ1) is 11.3. The fraction of sp³-hybridized carbons (Fsp3) is 0.538. The number of rotatable bonds is 2. The van der Waals surface area contributed by atoms with E-state index in [2.05, 4.69) is 51.7 Å². The molecule has 2 unspecified atom stereocenters. The maximum absolute atomic E-state index is 3.30. The van der Waals surface area contributed by atoms with Crippen molar-refractivity contribution in [1.82, 2.24) is 0 Å². The van der Waals surface area contributed by atoms with Gasteiger partial charge in [-0.15, -0.1) is 17.3 Å². The summed E-state index contributed by atoms with van der Waals surface area (Å²) in [6, 6.07) is 4.42. The molecule has 0 spiro atoms. The minimum absolute atomic E-state index is 0.466. The Kier molecular flexibility index (Phi) is 4.22. The normalized spacial score (nSPS) is 14.3. The van der Waals surface area contributed by atoms with Crippen LogP contribution in [0.4, 0.5) is 0 Å². The molecule has 0 nitrogen and oxygen atoms in total. The first-order valence-corrected chi connectivity index (χ1v) is 6.01. The molecule has 0 aliphatic rings. The molecule has 0 bridgehead atoms. The highest BCUT2D eigenvalue weighted by molar-refractivity contribution is 7.12. The summed E-state index contributed by atoms with van der Waals surface area (Å²) in [5.74, 6) is 7.49. The van der Waals surface area contributed by atoms with E-state index in [0.29, 0.717) is 11.8 Å². The van der Waals surface area contributed by atoms with Crippen molar-refractivity contribution in [3.8, 4) is 11.8 Å². The third kappa shape index (κ3) is 2.89. The Morgan fingerprint density at radius 2 is 2.07 bits per heavy atom. The molecular weight excluding hydrogens is 188 g/mol. The second kappa shape index (κ2) is 5.22. The summed E-state index contributed by atoms with van der Waals surface area (Å²) in [5, 5.41) is 0. The summed E-state index contributed by atoms with van der Waals surface area (Å²) < 4.78 is 0. The lowest BCUT2D eigenvalue weighted by Crippen LogP contribution is -2.01. The van der Waals surface area contributed by atoms with Crippen molar-refractivity contribution in [2.45, 2.75) is 40.0 Å². The van der Waals surface area contributed by atoms with Gasteiger partial charge in [0.25, 0.3) is 0 Å². The monoisotopic (exact) mass is 206 g/mol. The molecule has 0 fully saturated rings. The number of aryl methyl sites for hydroxylation is 1. The third-order valence-electron chi connectivity index (χ3n) is 2.47. The van der Waals surface area contributed by atoms with Gasteiger partial charge < -0.3 is 0 Å². The van der Waals surface area contributed by atoms with Crippen molar-refractivity contribution in [3.63, 3.8) is 0 Å². The minimum atomic E-state index is 0.466. The molecule has 1 heterocycles. The molecular formula is C13H18S. The molecule has 0 saturated heterocycles. The Morgan fingerprint density at radius 3 is 2.57 bits per heavy atom. The molecule has 0 aromatic carbocycles. The standard InChI is InChI=1S/C13H18S/c1-5-6-7-10(2)12(4)13-9-8-11(3)14-13/h8-10,12H,5H2,1-4H3. The van der Waals surface area contributed by atoms with Crippen LogP contribution >= 0.6 is 11.3 Å². The van der Waals surface area contributed by atoms with Crippen molar-refractivity contribution >= 4 is 11.3 Å². The molecule has 76 valence electrons. The fourth-order valence-electron chi connectivity index (χ4n) is 1.33. The average Bonchev–Trinajstić information content (AvgIpc) is 2.60. The molecule has 1 heteroatoms. The quantitative estimate of drug-likeness (QED) is 0.636. The zero-order chi connectivity index (χ0) is 10.6. The summed E-state index contributed by atoms with van der Waals surface area (Å²) >= 11 is 1.89. The van der Waals surface area contributed by atoms with E-state index in [0.717, 1.165) is 6.42 Å². The Morgan fingerprint density at radius 1 is 1.36 bits per heavy atom. The summed E-state index contributed by atoms with van der Waals surface area (Å²) in [6.07, 6.45) is 0.959. The second-order valence-electron chi connectivity index (χ2n) is 3.70. The van der Waals surface area contributed by atoms with E-state index in [1.54, 1.807) is 0 Å². The van der Waals surface area contributed by atoms with Gasteiger partial charge in [-0.2, -0.15) is 0 Å². The van der Waals surface area contributed by atoms with Gasteiger partial charge in [-0.1, -0.05) is 26.7 Å². The first-order valence-electron chi connectivity index (χ1n) is 5.19. The highest BCUT2D eigenvalue weighted by Gasteiger charge is 2.13. The van der Waals surface area contributed by atoms with Gasteiger partial charge in [0.2, 0.25) is 0 Å². The van der Waals surface area contributed by atoms with Gasteiger partial charge in [0.1, 0.15) is 0 Å². The topological polar surface area (TPSA) is 0 Å².